The Kier molecular flexibility index (Phi) is 7.76. The number of ether oxygens (including phenoxy) is 1. The molecular weight excluding hydrogens is 507 g/mol. The van der Waals surface area contributed by atoms with E-state index in [1.54, 1.807) is 30.5 Å². The van der Waals surface area contributed by atoms with E-state index < -0.39 is 0 Å². The molecule has 8 nitrogen and oxygen atoms in total. The van der Waals surface area contributed by atoms with Crippen LogP contribution in [0.2, 0.25) is 5.02 Å². The molecule has 2 aromatic carbocycles. The largest absolute Gasteiger partial charge is 0.487 e. The fourth-order valence-corrected chi connectivity index (χ4v) is 5.17. The Bertz CT molecular complexity index is 1470. The van der Waals surface area contributed by atoms with E-state index in [4.69, 9.17) is 16.3 Å². The number of anilines is 2. The highest BCUT2D eigenvalue weighted by molar-refractivity contribution is 6.32. The quantitative estimate of drug-likeness (QED) is 0.305. The third kappa shape index (κ3) is 5.58. The molecule has 198 valence electrons. The highest BCUT2D eigenvalue weighted by Crippen LogP contribution is 2.33. The zero-order chi connectivity index (χ0) is 26.6. The van der Waals surface area contributed by atoms with Gasteiger partial charge in [-0.05, 0) is 74.3 Å². The summed E-state index contributed by atoms with van der Waals surface area (Å²) in [5.74, 6) is 0.575. The molecule has 3 heterocycles. The van der Waals surface area contributed by atoms with Crippen molar-refractivity contribution in [3.63, 3.8) is 0 Å². The number of aromatic nitrogens is 3. The van der Waals surface area contributed by atoms with Gasteiger partial charge in [0, 0.05) is 31.2 Å². The first-order chi connectivity index (χ1) is 18.4. The molecule has 0 radical (unpaired) electrons. The van der Waals surface area contributed by atoms with Gasteiger partial charge in [0.15, 0.2) is 5.82 Å². The summed E-state index contributed by atoms with van der Waals surface area (Å²) in [5, 5.41) is 16.0. The standard InChI is InChI=1S/C28H30ClFN6O2/c1-18-25-23(35(2)26(18)28(37)31-10-13-36-11-3-4-12-36)16-32-34-27(25)33-21-8-9-24(22(29)15-21)38-17-19-6-5-7-20(30)14-19/h5-9,14-16H,3-4,10-13,17H2,1-2H3,(H,31,37)(H,33,34). The molecule has 1 amide bonds. The Morgan fingerprint density at radius 2 is 2.00 bits per heavy atom. The van der Waals surface area contributed by atoms with Crippen LogP contribution in [0.5, 0.6) is 5.75 Å². The van der Waals surface area contributed by atoms with Crippen molar-refractivity contribution in [3.8, 4) is 5.75 Å². The number of carbonyl (C=O) groups excluding carboxylic acids is 1. The van der Waals surface area contributed by atoms with Crippen molar-refractivity contribution >= 4 is 39.9 Å². The van der Waals surface area contributed by atoms with Gasteiger partial charge < -0.3 is 24.8 Å². The minimum Gasteiger partial charge on any atom is -0.487 e. The van der Waals surface area contributed by atoms with Crippen LogP contribution in [0, 0.1) is 12.7 Å². The summed E-state index contributed by atoms with van der Waals surface area (Å²) >= 11 is 6.47. The molecule has 1 fully saturated rings. The lowest BCUT2D eigenvalue weighted by Crippen LogP contribution is -2.34. The Morgan fingerprint density at radius 3 is 2.76 bits per heavy atom. The fraction of sp³-hybridized carbons (Fsp3) is 0.321. The van der Waals surface area contributed by atoms with Crippen LogP contribution in [0.1, 0.15) is 34.5 Å². The fourth-order valence-electron chi connectivity index (χ4n) is 4.94. The van der Waals surface area contributed by atoms with Crippen LogP contribution in [0.3, 0.4) is 0 Å². The SMILES string of the molecule is Cc1c(C(=O)NCCN2CCCC2)n(C)c2cnnc(Nc3ccc(OCc4cccc(F)c4)c(Cl)c3)c12. The van der Waals surface area contributed by atoms with Crippen molar-refractivity contribution in [1.29, 1.82) is 0 Å². The molecule has 4 aromatic rings. The van der Waals surface area contributed by atoms with Gasteiger partial charge in [0.25, 0.3) is 5.91 Å². The molecule has 0 bridgehead atoms. The van der Waals surface area contributed by atoms with Crippen LogP contribution in [0.25, 0.3) is 10.9 Å². The Labute approximate surface area is 225 Å². The van der Waals surface area contributed by atoms with Crippen LogP contribution in [-0.2, 0) is 13.7 Å². The van der Waals surface area contributed by atoms with Gasteiger partial charge in [-0.15, -0.1) is 5.10 Å². The number of hydrogen-bond donors (Lipinski definition) is 2. The van der Waals surface area contributed by atoms with Crippen molar-refractivity contribution in [3.05, 3.63) is 76.3 Å². The van der Waals surface area contributed by atoms with E-state index >= 15 is 0 Å². The van der Waals surface area contributed by atoms with E-state index in [1.807, 2.05) is 24.6 Å². The van der Waals surface area contributed by atoms with Crippen LogP contribution in [0.4, 0.5) is 15.9 Å². The molecule has 38 heavy (non-hydrogen) atoms. The number of hydrogen-bond acceptors (Lipinski definition) is 6. The molecule has 0 atom stereocenters. The predicted molar refractivity (Wildman–Crippen MR) is 147 cm³/mol. The number of carbonyl (C=O) groups is 1. The second-order valence-electron chi connectivity index (χ2n) is 9.48. The maximum Gasteiger partial charge on any atom is 0.268 e. The number of benzene rings is 2. The molecule has 0 spiro atoms. The normalized spacial score (nSPS) is 13.7. The van der Waals surface area contributed by atoms with E-state index in [1.165, 1.54) is 25.0 Å². The first-order valence-electron chi connectivity index (χ1n) is 12.7. The second-order valence-corrected chi connectivity index (χ2v) is 9.89. The van der Waals surface area contributed by atoms with Crippen molar-refractivity contribution in [2.75, 3.05) is 31.5 Å². The molecule has 1 aliphatic heterocycles. The minimum atomic E-state index is -0.314. The Hall–Kier alpha value is -3.69. The monoisotopic (exact) mass is 536 g/mol. The third-order valence-corrected chi connectivity index (χ3v) is 7.16. The van der Waals surface area contributed by atoms with Gasteiger partial charge in [-0.3, -0.25) is 4.79 Å². The second kappa shape index (κ2) is 11.4. The first kappa shape index (κ1) is 25.9. The molecule has 0 saturated carbocycles. The van der Waals surface area contributed by atoms with E-state index in [9.17, 15) is 9.18 Å². The van der Waals surface area contributed by atoms with Gasteiger partial charge in [-0.25, -0.2) is 4.39 Å². The lowest BCUT2D eigenvalue weighted by atomic mass is 10.1. The Balaban J connectivity index is 1.31. The van der Waals surface area contributed by atoms with Gasteiger partial charge in [-0.2, -0.15) is 5.10 Å². The molecule has 10 heteroatoms. The summed E-state index contributed by atoms with van der Waals surface area (Å²) < 4.78 is 21.1. The maximum absolute atomic E-state index is 13.4. The molecule has 5 rings (SSSR count). The number of likely N-dealkylation sites (tertiary alicyclic amines) is 1. The molecule has 0 aliphatic carbocycles. The summed E-state index contributed by atoms with van der Waals surface area (Å²) in [7, 11) is 1.86. The van der Waals surface area contributed by atoms with Crippen molar-refractivity contribution < 1.29 is 13.9 Å². The first-order valence-corrected chi connectivity index (χ1v) is 13.0. The predicted octanol–water partition coefficient (Wildman–Crippen LogP) is 5.22. The lowest BCUT2D eigenvalue weighted by molar-refractivity contribution is 0.0941. The molecule has 2 N–H and O–H groups in total. The van der Waals surface area contributed by atoms with Gasteiger partial charge in [-0.1, -0.05) is 23.7 Å². The number of aryl methyl sites for hydroxylation is 2. The highest BCUT2D eigenvalue weighted by atomic mass is 35.5. The molecule has 0 unspecified atom stereocenters. The summed E-state index contributed by atoms with van der Waals surface area (Å²) in [6.45, 7) is 5.77. The van der Waals surface area contributed by atoms with Crippen molar-refractivity contribution in [1.82, 2.24) is 25.0 Å². The zero-order valence-electron chi connectivity index (χ0n) is 21.4. The van der Waals surface area contributed by atoms with Gasteiger partial charge in [0.05, 0.1) is 16.7 Å². The van der Waals surface area contributed by atoms with Gasteiger partial charge >= 0.3 is 0 Å². The molecule has 2 aromatic heterocycles. The summed E-state index contributed by atoms with van der Waals surface area (Å²) in [5.41, 5.74) is 3.60. The maximum atomic E-state index is 13.4. The van der Waals surface area contributed by atoms with Crippen molar-refractivity contribution in [2.24, 2.45) is 7.05 Å². The number of nitrogens with zero attached hydrogens (tertiary/aromatic N) is 4. The summed E-state index contributed by atoms with van der Waals surface area (Å²) in [6.07, 6.45) is 4.11. The van der Waals surface area contributed by atoms with Crippen LogP contribution >= 0.6 is 11.6 Å². The Morgan fingerprint density at radius 1 is 1.18 bits per heavy atom. The number of amides is 1. The smallest absolute Gasteiger partial charge is 0.268 e. The topological polar surface area (TPSA) is 84.3 Å². The number of halogens is 2. The van der Waals surface area contributed by atoms with Crippen LogP contribution < -0.4 is 15.4 Å². The van der Waals surface area contributed by atoms with E-state index in [0.717, 1.165) is 36.1 Å². The van der Waals surface area contributed by atoms with E-state index in [2.05, 4.69) is 25.7 Å². The van der Waals surface area contributed by atoms with Gasteiger partial charge in [0.2, 0.25) is 0 Å². The molecular formula is C28H30ClFN6O2. The number of nitrogens with one attached hydrogen (secondary N) is 2. The average molecular weight is 537 g/mol. The van der Waals surface area contributed by atoms with Crippen LogP contribution in [-0.4, -0.2) is 51.8 Å². The number of rotatable bonds is 9. The van der Waals surface area contributed by atoms with E-state index in [0.29, 0.717) is 40.1 Å². The third-order valence-electron chi connectivity index (χ3n) is 6.86. The summed E-state index contributed by atoms with van der Waals surface area (Å²) in [4.78, 5) is 15.5. The van der Waals surface area contributed by atoms with Crippen molar-refractivity contribution in [2.45, 2.75) is 26.4 Å². The average Bonchev–Trinajstić information content (AvgIpc) is 3.50. The minimum absolute atomic E-state index is 0.116. The summed E-state index contributed by atoms with van der Waals surface area (Å²) in [6, 6.07) is 11.5. The lowest BCUT2D eigenvalue weighted by Gasteiger charge is -2.15. The van der Waals surface area contributed by atoms with Crippen LogP contribution in [0.15, 0.2) is 48.7 Å². The van der Waals surface area contributed by atoms with E-state index in [-0.39, 0.29) is 18.3 Å². The number of fused-ring (bicyclic) bond motifs is 1. The highest BCUT2D eigenvalue weighted by Gasteiger charge is 2.22. The molecule has 1 saturated heterocycles. The zero-order valence-corrected chi connectivity index (χ0v) is 22.2. The van der Waals surface area contributed by atoms with Gasteiger partial charge in [0.1, 0.15) is 23.9 Å². The molecule has 1 aliphatic rings.